The first-order valence-corrected chi connectivity index (χ1v) is 14.7. The van der Waals surface area contributed by atoms with Crippen molar-refractivity contribution in [3.8, 4) is 0 Å². The third-order valence-electron chi connectivity index (χ3n) is 8.82. The first-order valence-electron chi connectivity index (χ1n) is 14.7. The summed E-state index contributed by atoms with van der Waals surface area (Å²) in [5, 5.41) is 13.0. The number of aliphatic hydroxyl groups is 1. The van der Waals surface area contributed by atoms with E-state index < -0.39 is 40.0 Å². The molecule has 5 atom stereocenters. The largest absolute Gasteiger partial charge is 0.422 e. The Labute approximate surface area is 242 Å². The molecule has 1 aliphatic carbocycles. The van der Waals surface area contributed by atoms with Crippen LogP contribution in [0.3, 0.4) is 0 Å². The Balaban J connectivity index is 3.01. The number of cyclic esters (lactones) is 1. The van der Waals surface area contributed by atoms with Gasteiger partial charge >= 0.3 is 5.97 Å². The van der Waals surface area contributed by atoms with E-state index in [4.69, 9.17) is 4.74 Å². The number of hydrogen-bond donors (Lipinski definition) is 1. The highest BCUT2D eigenvalue weighted by Crippen LogP contribution is 2.65. The van der Waals surface area contributed by atoms with Gasteiger partial charge in [0.25, 0.3) is 0 Å². The van der Waals surface area contributed by atoms with Crippen LogP contribution in [0.1, 0.15) is 108 Å². The Morgan fingerprint density at radius 3 is 2.02 bits per heavy atom. The van der Waals surface area contributed by atoms with Crippen molar-refractivity contribution < 1.29 is 24.2 Å². The molecule has 1 aliphatic heterocycles. The van der Waals surface area contributed by atoms with Crippen LogP contribution in [0.4, 0.5) is 0 Å². The fourth-order valence-electron chi connectivity index (χ4n) is 6.49. The molecule has 0 amide bonds. The third kappa shape index (κ3) is 6.51. The van der Waals surface area contributed by atoms with Crippen molar-refractivity contribution in [3.63, 3.8) is 0 Å². The maximum Gasteiger partial charge on any atom is 0.321 e. The molecule has 0 radical (unpaired) electrons. The Kier molecular flexibility index (Phi) is 10.9. The maximum absolute atomic E-state index is 14.4. The van der Waals surface area contributed by atoms with E-state index >= 15 is 0 Å². The number of allylic oxidation sites excluding steroid dienone is 9. The Morgan fingerprint density at radius 1 is 0.950 bits per heavy atom. The zero-order chi connectivity index (χ0) is 30.6. The lowest BCUT2D eigenvalue weighted by Crippen LogP contribution is -2.74. The molecule has 0 aromatic heterocycles. The second-order valence-electron chi connectivity index (χ2n) is 13.6. The second kappa shape index (κ2) is 13.0. The quantitative estimate of drug-likeness (QED) is 0.169. The highest BCUT2D eigenvalue weighted by Gasteiger charge is 2.75. The molecule has 0 unspecified atom stereocenters. The van der Waals surface area contributed by atoms with Gasteiger partial charge in [0.15, 0.2) is 11.4 Å². The average molecular weight is 553 g/mol. The third-order valence-corrected chi connectivity index (χ3v) is 8.82. The van der Waals surface area contributed by atoms with Crippen LogP contribution in [0, 0.1) is 28.6 Å². The van der Waals surface area contributed by atoms with Crippen LogP contribution in [-0.2, 0) is 19.1 Å². The minimum Gasteiger partial charge on any atom is -0.422 e. The van der Waals surface area contributed by atoms with Crippen molar-refractivity contribution in [1.82, 2.24) is 0 Å². The molecular weight excluding hydrogens is 500 g/mol. The molecule has 5 heteroatoms. The van der Waals surface area contributed by atoms with Crippen LogP contribution in [-0.4, -0.2) is 28.2 Å². The number of Topliss-reactive ketones (excluding diaryl/α,β-unsaturated/α-hetero) is 2. The van der Waals surface area contributed by atoms with Gasteiger partial charge in [0.2, 0.25) is 5.78 Å². The molecule has 1 N–H and O–H groups in total. The number of carbonyl (C=O) groups excluding carboxylic acids is 3. The van der Waals surface area contributed by atoms with E-state index in [9.17, 15) is 19.5 Å². The van der Waals surface area contributed by atoms with Gasteiger partial charge in [-0.15, -0.1) is 0 Å². The molecule has 1 saturated heterocycles. The van der Waals surface area contributed by atoms with Crippen molar-refractivity contribution in [2.45, 2.75) is 114 Å². The van der Waals surface area contributed by atoms with Crippen molar-refractivity contribution in [2.75, 3.05) is 0 Å². The lowest BCUT2D eigenvalue weighted by atomic mass is 9.41. The van der Waals surface area contributed by atoms with Gasteiger partial charge in [-0.2, -0.15) is 0 Å². The van der Waals surface area contributed by atoms with Crippen molar-refractivity contribution >= 4 is 17.5 Å². The van der Waals surface area contributed by atoms with Crippen LogP contribution < -0.4 is 0 Å². The molecule has 0 bridgehead atoms. The number of ketones is 2. The molecule has 2 rings (SSSR count). The van der Waals surface area contributed by atoms with Crippen LogP contribution in [0.5, 0.6) is 0 Å². The van der Waals surface area contributed by atoms with Crippen LogP contribution in [0.2, 0.25) is 0 Å². The van der Waals surface area contributed by atoms with Gasteiger partial charge in [-0.3, -0.25) is 14.4 Å². The first-order chi connectivity index (χ1) is 18.4. The van der Waals surface area contributed by atoms with Crippen LogP contribution >= 0.6 is 0 Å². The fraction of sp³-hybridized carbons (Fsp3) is 0.629. The monoisotopic (exact) mass is 552 g/mol. The zero-order valence-electron chi connectivity index (χ0n) is 26.7. The summed E-state index contributed by atoms with van der Waals surface area (Å²) in [7, 11) is 0. The molecule has 0 aromatic rings. The predicted octanol–water partition coefficient (Wildman–Crippen LogP) is 8.01. The number of rotatable bonds is 10. The number of carbonyl (C=O) groups is 3. The van der Waals surface area contributed by atoms with Gasteiger partial charge in [-0.05, 0) is 105 Å². The smallest absolute Gasteiger partial charge is 0.321 e. The summed E-state index contributed by atoms with van der Waals surface area (Å²) in [6.45, 7) is 21.4. The number of hydrogen-bond acceptors (Lipinski definition) is 5. The minimum atomic E-state index is -2.24. The zero-order valence-corrected chi connectivity index (χ0v) is 26.7. The standard InChI is InChI=1S/C35H52O5/c1-22(2)13-12-19-33(11)27(16-14-23(3)4)21-34(20-18-25(7)8)32(38)40-28(17-15-24(5)6)31(37)35(34,39)30(33)29(36)26(9)10/h13-15,17-18,26-27,30,39H,12,16,19-21H2,1-11H3/b28-17-/t27-,30+,33+,34+,35+/m0/s1. The van der Waals surface area contributed by atoms with Gasteiger partial charge in [-0.1, -0.05) is 67.4 Å². The molecule has 222 valence electrons. The molecule has 40 heavy (non-hydrogen) atoms. The topological polar surface area (TPSA) is 80.7 Å². The Hall–Kier alpha value is -2.53. The molecule has 1 saturated carbocycles. The second-order valence-corrected chi connectivity index (χ2v) is 13.6. The van der Waals surface area contributed by atoms with Gasteiger partial charge in [0, 0.05) is 5.92 Å². The van der Waals surface area contributed by atoms with E-state index in [0.717, 1.165) is 16.7 Å². The van der Waals surface area contributed by atoms with E-state index in [1.54, 1.807) is 6.08 Å². The molecular formula is C35H52O5. The van der Waals surface area contributed by atoms with Gasteiger partial charge in [0.1, 0.15) is 11.2 Å². The number of ether oxygens (including phenoxy) is 1. The summed E-state index contributed by atoms with van der Waals surface area (Å²) in [4.78, 5) is 42.9. The van der Waals surface area contributed by atoms with E-state index in [2.05, 4.69) is 19.1 Å². The molecule has 2 fully saturated rings. The summed E-state index contributed by atoms with van der Waals surface area (Å²) < 4.78 is 5.77. The average Bonchev–Trinajstić information content (AvgIpc) is 2.83. The van der Waals surface area contributed by atoms with Crippen molar-refractivity contribution in [1.29, 1.82) is 0 Å². The Morgan fingerprint density at radius 2 is 1.52 bits per heavy atom. The molecule has 0 spiro atoms. The lowest BCUT2D eigenvalue weighted by Gasteiger charge is -2.62. The fourth-order valence-corrected chi connectivity index (χ4v) is 6.49. The maximum atomic E-state index is 14.4. The van der Waals surface area contributed by atoms with Crippen molar-refractivity contribution in [3.05, 3.63) is 58.4 Å². The van der Waals surface area contributed by atoms with Crippen LogP contribution in [0.15, 0.2) is 58.4 Å². The summed E-state index contributed by atoms with van der Waals surface area (Å²) in [5.41, 5.74) is -0.353. The summed E-state index contributed by atoms with van der Waals surface area (Å²) in [6, 6.07) is 0. The molecule has 5 nitrogen and oxygen atoms in total. The van der Waals surface area contributed by atoms with Gasteiger partial charge < -0.3 is 9.84 Å². The summed E-state index contributed by atoms with van der Waals surface area (Å²) >= 11 is 0. The van der Waals surface area contributed by atoms with Gasteiger partial charge in [0.05, 0.1) is 5.92 Å². The molecule has 1 heterocycles. The summed E-state index contributed by atoms with van der Waals surface area (Å²) in [6.07, 6.45) is 11.7. The number of fused-ring (bicyclic) bond motifs is 1. The summed E-state index contributed by atoms with van der Waals surface area (Å²) in [5.74, 6) is -3.31. The van der Waals surface area contributed by atoms with Crippen molar-refractivity contribution in [2.24, 2.45) is 28.6 Å². The number of esters is 1. The predicted molar refractivity (Wildman–Crippen MR) is 162 cm³/mol. The SMILES string of the molecule is CC(C)=C/C=C1\OC(=O)[C@@]2(CC=C(C)C)C[C@H](CC=C(C)C)[C@@](C)(CCC=C(C)C)[C@@H](C(=O)C(C)C)[C@@]2(O)C1=O. The van der Waals surface area contributed by atoms with Gasteiger partial charge in [-0.25, -0.2) is 0 Å². The van der Waals surface area contributed by atoms with E-state index in [0.29, 0.717) is 19.3 Å². The molecule has 0 aromatic carbocycles. The van der Waals surface area contributed by atoms with E-state index in [1.165, 1.54) is 11.6 Å². The lowest BCUT2D eigenvalue weighted by molar-refractivity contribution is -0.232. The normalized spacial score (nSPS) is 30.8. The highest BCUT2D eigenvalue weighted by atomic mass is 16.5. The minimum absolute atomic E-state index is 0.129. The van der Waals surface area contributed by atoms with E-state index in [1.807, 2.05) is 75.3 Å². The molecule has 2 aliphatic rings. The first kappa shape index (κ1) is 33.7. The highest BCUT2D eigenvalue weighted by molar-refractivity contribution is 6.12. The van der Waals surface area contributed by atoms with Crippen LogP contribution in [0.25, 0.3) is 0 Å². The Bertz CT molecular complexity index is 1150. The van der Waals surface area contributed by atoms with E-state index in [-0.39, 0.29) is 30.3 Å².